The summed E-state index contributed by atoms with van der Waals surface area (Å²) >= 11 is 0. The van der Waals surface area contributed by atoms with Crippen LogP contribution in [0.5, 0.6) is 0 Å². The second-order valence-electron chi connectivity index (χ2n) is 5.58. The van der Waals surface area contributed by atoms with Gasteiger partial charge in [0, 0.05) is 39.9 Å². The number of hydrogen-bond acceptors (Lipinski definition) is 4. The summed E-state index contributed by atoms with van der Waals surface area (Å²) in [4.78, 5) is 2.49. The minimum absolute atomic E-state index is 0.676. The van der Waals surface area contributed by atoms with E-state index in [2.05, 4.69) is 17.3 Å². The van der Waals surface area contributed by atoms with Gasteiger partial charge < -0.3 is 14.8 Å². The van der Waals surface area contributed by atoms with Crippen molar-refractivity contribution in [3.8, 4) is 0 Å². The maximum absolute atomic E-state index is 5.22. The van der Waals surface area contributed by atoms with Crippen molar-refractivity contribution < 1.29 is 9.47 Å². The Balaban J connectivity index is 2.47. The Kier molecular flexibility index (Phi) is 9.43. The van der Waals surface area contributed by atoms with E-state index in [1.54, 1.807) is 14.2 Å². The van der Waals surface area contributed by atoms with Crippen molar-refractivity contribution in [2.45, 2.75) is 38.1 Å². The first kappa shape index (κ1) is 16.9. The Bertz CT molecular complexity index is 206. The van der Waals surface area contributed by atoms with Gasteiger partial charge in [-0.2, -0.15) is 0 Å². The molecule has 0 heterocycles. The maximum atomic E-state index is 5.22. The van der Waals surface area contributed by atoms with Crippen LogP contribution in [0.2, 0.25) is 0 Å². The minimum Gasteiger partial charge on any atom is -0.383 e. The predicted octanol–water partition coefficient (Wildman–Crippen LogP) is 1.75. The molecule has 0 bridgehead atoms. The van der Waals surface area contributed by atoms with Crippen LogP contribution in [0.3, 0.4) is 0 Å². The van der Waals surface area contributed by atoms with E-state index in [1.165, 1.54) is 32.1 Å². The van der Waals surface area contributed by atoms with Gasteiger partial charge in [-0.25, -0.2) is 0 Å². The van der Waals surface area contributed by atoms with Crippen molar-refractivity contribution in [2.24, 2.45) is 5.92 Å². The predicted molar refractivity (Wildman–Crippen MR) is 79.6 cm³/mol. The lowest BCUT2D eigenvalue weighted by Crippen LogP contribution is -2.42. The largest absolute Gasteiger partial charge is 0.383 e. The average molecular weight is 272 g/mol. The smallest absolute Gasteiger partial charge is 0.0589 e. The number of rotatable bonds is 9. The highest BCUT2D eigenvalue weighted by molar-refractivity contribution is 4.81. The second kappa shape index (κ2) is 10.6. The molecule has 0 aromatic heterocycles. The number of ether oxygens (including phenoxy) is 2. The van der Waals surface area contributed by atoms with Crippen LogP contribution < -0.4 is 5.32 Å². The van der Waals surface area contributed by atoms with Gasteiger partial charge in [0.25, 0.3) is 0 Å². The molecule has 1 aliphatic carbocycles. The van der Waals surface area contributed by atoms with Crippen LogP contribution >= 0.6 is 0 Å². The zero-order chi connectivity index (χ0) is 13.9. The average Bonchev–Trinajstić information content (AvgIpc) is 2.66. The normalized spacial score (nSPS) is 24.6. The van der Waals surface area contributed by atoms with Gasteiger partial charge in [-0.3, -0.25) is 4.90 Å². The van der Waals surface area contributed by atoms with Crippen LogP contribution in [-0.4, -0.2) is 65.1 Å². The third-order valence-electron chi connectivity index (χ3n) is 4.25. The molecule has 1 rings (SSSR count). The van der Waals surface area contributed by atoms with Gasteiger partial charge in [0.15, 0.2) is 0 Å². The van der Waals surface area contributed by atoms with E-state index in [0.29, 0.717) is 6.04 Å². The summed E-state index contributed by atoms with van der Waals surface area (Å²) in [5.74, 6) is 0.765. The molecule has 1 N–H and O–H groups in total. The molecule has 114 valence electrons. The Morgan fingerprint density at radius 1 is 1.00 bits per heavy atom. The van der Waals surface area contributed by atoms with Crippen LogP contribution in [0, 0.1) is 5.92 Å². The maximum Gasteiger partial charge on any atom is 0.0589 e. The summed E-state index contributed by atoms with van der Waals surface area (Å²) in [6.45, 7) is 4.79. The van der Waals surface area contributed by atoms with E-state index in [1.807, 2.05) is 0 Å². The zero-order valence-corrected chi connectivity index (χ0v) is 13.0. The Hall–Kier alpha value is -0.160. The fourth-order valence-electron chi connectivity index (χ4n) is 3.05. The standard InChI is InChI=1S/C15H32N2O2/c1-16-15-8-6-4-5-7-14(15)13-17(9-11-18-2)10-12-19-3/h14-16H,4-13H2,1-3H3. The molecule has 0 spiro atoms. The number of methoxy groups -OCH3 is 2. The molecular formula is C15H32N2O2. The van der Waals surface area contributed by atoms with Gasteiger partial charge in [0.05, 0.1) is 13.2 Å². The molecule has 0 radical (unpaired) electrons. The van der Waals surface area contributed by atoms with E-state index in [9.17, 15) is 0 Å². The van der Waals surface area contributed by atoms with Crippen LogP contribution in [0.4, 0.5) is 0 Å². The molecule has 2 atom stereocenters. The lowest BCUT2D eigenvalue weighted by atomic mass is 9.94. The molecule has 2 unspecified atom stereocenters. The van der Waals surface area contributed by atoms with E-state index < -0.39 is 0 Å². The molecular weight excluding hydrogens is 240 g/mol. The van der Waals surface area contributed by atoms with Crippen LogP contribution in [-0.2, 0) is 9.47 Å². The monoisotopic (exact) mass is 272 g/mol. The topological polar surface area (TPSA) is 33.7 Å². The van der Waals surface area contributed by atoms with E-state index in [-0.39, 0.29) is 0 Å². The van der Waals surface area contributed by atoms with Crippen molar-refractivity contribution in [1.29, 1.82) is 0 Å². The van der Waals surface area contributed by atoms with Gasteiger partial charge in [-0.1, -0.05) is 19.3 Å². The lowest BCUT2D eigenvalue weighted by molar-refractivity contribution is 0.0972. The molecule has 19 heavy (non-hydrogen) atoms. The summed E-state index contributed by atoms with van der Waals surface area (Å²) in [6.07, 6.45) is 6.82. The molecule has 0 amide bonds. The number of nitrogens with one attached hydrogen (secondary N) is 1. The molecule has 4 heteroatoms. The molecule has 0 aromatic rings. The van der Waals surface area contributed by atoms with Gasteiger partial charge in [0.2, 0.25) is 0 Å². The fourth-order valence-corrected chi connectivity index (χ4v) is 3.05. The SMILES string of the molecule is CNC1CCCCCC1CN(CCOC)CCOC. The molecule has 1 saturated carbocycles. The van der Waals surface area contributed by atoms with E-state index >= 15 is 0 Å². The summed E-state index contributed by atoms with van der Waals surface area (Å²) in [5, 5.41) is 3.52. The first-order valence-electron chi connectivity index (χ1n) is 7.69. The van der Waals surface area contributed by atoms with E-state index in [4.69, 9.17) is 9.47 Å². The molecule has 0 saturated heterocycles. The highest BCUT2D eigenvalue weighted by Gasteiger charge is 2.24. The summed E-state index contributed by atoms with van der Waals surface area (Å²) < 4.78 is 10.4. The quantitative estimate of drug-likeness (QED) is 0.648. The summed E-state index contributed by atoms with van der Waals surface area (Å²) in [7, 11) is 5.66. The van der Waals surface area contributed by atoms with Crippen LogP contribution in [0.1, 0.15) is 32.1 Å². The van der Waals surface area contributed by atoms with Crippen molar-refractivity contribution >= 4 is 0 Å². The second-order valence-corrected chi connectivity index (χ2v) is 5.58. The van der Waals surface area contributed by atoms with Crippen LogP contribution in [0.15, 0.2) is 0 Å². The Morgan fingerprint density at radius 3 is 2.21 bits per heavy atom. The molecule has 1 fully saturated rings. The minimum atomic E-state index is 0.676. The molecule has 0 aromatic carbocycles. The molecule has 1 aliphatic rings. The molecule has 4 nitrogen and oxygen atoms in total. The van der Waals surface area contributed by atoms with Crippen molar-refractivity contribution in [3.05, 3.63) is 0 Å². The Morgan fingerprint density at radius 2 is 1.63 bits per heavy atom. The number of hydrogen-bond donors (Lipinski definition) is 1. The third kappa shape index (κ3) is 6.70. The first-order valence-corrected chi connectivity index (χ1v) is 7.69. The molecule has 0 aliphatic heterocycles. The lowest BCUT2D eigenvalue weighted by Gasteiger charge is -2.31. The van der Waals surface area contributed by atoms with Gasteiger partial charge in [-0.15, -0.1) is 0 Å². The summed E-state index contributed by atoms with van der Waals surface area (Å²) in [5.41, 5.74) is 0. The van der Waals surface area contributed by atoms with Crippen molar-refractivity contribution in [3.63, 3.8) is 0 Å². The highest BCUT2D eigenvalue weighted by Crippen LogP contribution is 2.24. The third-order valence-corrected chi connectivity index (χ3v) is 4.25. The van der Waals surface area contributed by atoms with Gasteiger partial charge in [-0.05, 0) is 25.8 Å². The van der Waals surface area contributed by atoms with Crippen molar-refractivity contribution in [2.75, 3.05) is 54.1 Å². The van der Waals surface area contributed by atoms with Crippen molar-refractivity contribution in [1.82, 2.24) is 10.2 Å². The zero-order valence-electron chi connectivity index (χ0n) is 13.0. The Labute approximate surface area is 118 Å². The fraction of sp³-hybridized carbons (Fsp3) is 1.00. The number of nitrogens with zero attached hydrogens (tertiary/aromatic N) is 1. The highest BCUT2D eigenvalue weighted by atomic mass is 16.5. The first-order chi connectivity index (χ1) is 9.31. The van der Waals surface area contributed by atoms with E-state index in [0.717, 1.165) is 38.8 Å². The van der Waals surface area contributed by atoms with Gasteiger partial charge in [0.1, 0.15) is 0 Å². The van der Waals surface area contributed by atoms with Crippen LogP contribution in [0.25, 0.3) is 0 Å². The summed E-state index contributed by atoms with van der Waals surface area (Å²) in [6, 6.07) is 0.676. The van der Waals surface area contributed by atoms with Gasteiger partial charge >= 0.3 is 0 Å².